The maximum Gasteiger partial charge on any atom is 0.134 e. The first kappa shape index (κ1) is 9.99. The number of likely N-dealkylation sites (N-methyl/N-ethyl adjacent to an activating group) is 1. The fourth-order valence-electron chi connectivity index (χ4n) is 1.43. The standard InChI is InChI=1S/C13H15NO/c1-10(14-2)3-4-11-5-6-12-7-8-15-13(12)9-11/h3-10,14H,1-2H3. The minimum Gasteiger partial charge on any atom is -0.464 e. The second-order valence-electron chi connectivity index (χ2n) is 3.65. The molecule has 1 aromatic heterocycles. The molecule has 0 saturated carbocycles. The van der Waals surface area contributed by atoms with Crippen LogP contribution >= 0.6 is 0 Å². The molecular formula is C13H15NO. The molecule has 78 valence electrons. The van der Waals surface area contributed by atoms with Gasteiger partial charge in [-0.25, -0.2) is 0 Å². The van der Waals surface area contributed by atoms with Crippen LogP contribution in [0.1, 0.15) is 12.5 Å². The average molecular weight is 201 g/mol. The Morgan fingerprint density at radius 1 is 1.33 bits per heavy atom. The van der Waals surface area contributed by atoms with Crippen LogP contribution in [0.15, 0.2) is 41.0 Å². The summed E-state index contributed by atoms with van der Waals surface area (Å²) in [5.74, 6) is 0. The molecule has 2 nitrogen and oxygen atoms in total. The van der Waals surface area contributed by atoms with Crippen molar-refractivity contribution in [1.82, 2.24) is 5.32 Å². The average Bonchev–Trinajstić information content (AvgIpc) is 2.72. The number of benzene rings is 1. The van der Waals surface area contributed by atoms with Gasteiger partial charge in [-0.1, -0.05) is 24.3 Å². The highest BCUT2D eigenvalue weighted by atomic mass is 16.3. The Balaban J connectivity index is 2.24. The van der Waals surface area contributed by atoms with Crippen LogP contribution in [0, 0.1) is 0 Å². The largest absolute Gasteiger partial charge is 0.464 e. The van der Waals surface area contributed by atoms with E-state index in [2.05, 4.69) is 36.5 Å². The number of nitrogens with one attached hydrogen (secondary N) is 1. The lowest BCUT2D eigenvalue weighted by atomic mass is 10.1. The van der Waals surface area contributed by atoms with Crippen LogP contribution in [0.4, 0.5) is 0 Å². The van der Waals surface area contributed by atoms with Gasteiger partial charge in [0.25, 0.3) is 0 Å². The highest BCUT2D eigenvalue weighted by Gasteiger charge is 1.96. The molecule has 0 saturated heterocycles. The van der Waals surface area contributed by atoms with Gasteiger partial charge in [-0.2, -0.15) is 0 Å². The second kappa shape index (κ2) is 4.32. The Bertz CT molecular complexity index is 470. The summed E-state index contributed by atoms with van der Waals surface area (Å²) >= 11 is 0. The molecule has 1 unspecified atom stereocenters. The maximum atomic E-state index is 5.34. The Morgan fingerprint density at radius 3 is 3.00 bits per heavy atom. The summed E-state index contributed by atoms with van der Waals surface area (Å²) in [6.45, 7) is 2.11. The molecule has 0 aliphatic heterocycles. The third-order valence-corrected chi connectivity index (χ3v) is 2.51. The van der Waals surface area contributed by atoms with Gasteiger partial charge in [0.1, 0.15) is 5.58 Å². The summed E-state index contributed by atoms with van der Waals surface area (Å²) < 4.78 is 5.34. The smallest absolute Gasteiger partial charge is 0.134 e. The van der Waals surface area contributed by atoms with Crippen LogP contribution in [-0.2, 0) is 0 Å². The van der Waals surface area contributed by atoms with Crippen LogP contribution < -0.4 is 5.32 Å². The lowest BCUT2D eigenvalue weighted by Gasteiger charge is -2.02. The second-order valence-corrected chi connectivity index (χ2v) is 3.65. The van der Waals surface area contributed by atoms with Crippen LogP contribution in [0.3, 0.4) is 0 Å². The lowest BCUT2D eigenvalue weighted by molar-refractivity contribution is 0.616. The van der Waals surface area contributed by atoms with Crippen molar-refractivity contribution in [2.24, 2.45) is 0 Å². The van der Waals surface area contributed by atoms with Crippen LogP contribution in [0.25, 0.3) is 17.0 Å². The van der Waals surface area contributed by atoms with Crippen LogP contribution in [-0.4, -0.2) is 13.1 Å². The number of rotatable bonds is 3. The highest BCUT2D eigenvalue weighted by Crippen LogP contribution is 2.17. The van der Waals surface area contributed by atoms with E-state index in [1.54, 1.807) is 6.26 Å². The Hall–Kier alpha value is -1.54. The van der Waals surface area contributed by atoms with E-state index in [0.29, 0.717) is 6.04 Å². The zero-order valence-corrected chi connectivity index (χ0v) is 9.03. The van der Waals surface area contributed by atoms with Gasteiger partial charge >= 0.3 is 0 Å². The van der Waals surface area contributed by atoms with E-state index >= 15 is 0 Å². The molecule has 0 bridgehead atoms. The van der Waals surface area contributed by atoms with E-state index in [4.69, 9.17) is 4.42 Å². The van der Waals surface area contributed by atoms with E-state index in [0.717, 1.165) is 11.0 Å². The van der Waals surface area contributed by atoms with Gasteiger partial charge in [-0.15, -0.1) is 0 Å². The minimum atomic E-state index is 0.386. The summed E-state index contributed by atoms with van der Waals surface area (Å²) in [4.78, 5) is 0. The zero-order valence-electron chi connectivity index (χ0n) is 9.03. The van der Waals surface area contributed by atoms with Crippen molar-refractivity contribution >= 4 is 17.0 Å². The van der Waals surface area contributed by atoms with E-state index in [1.165, 1.54) is 5.56 Å². The SMILES string of the molecule is CNC(C)C=Cc1ccc2ccoc2c1. The Morgan fingerprint density at radius 2 is 2.20 bits per heavy atom. The molecule has 0 aliphatic rings. The van der Waals surface area contributed by atoms with Crippen molar-refractivity contribution in [2.45, 2.75) is 13.0 Å². The lowest BCUT2D eigenvalue weighted by Crippen LogP contribution is -2.17. The van der Waals surface area contributed by atoms with Gasteiger partial charge in [0.05, 0.1) is 6.26 Å². The van der Waals surface area contributed by atoms with E-state index in [1.807, 2.05) is 19.2 Å². The van der Waals surface area contributed by atoms with E-state index in [9.17, 15) is 0 Å². The monoisotopic (exact) mass is 201 g/mol. The van der Waals surface area contributed by atoms with Gasteiger partial charge in [0, 0.05) is 11.4 Å². The molecule has 2 aromatic rings. The zero-order chi connectivity index (χ0) is 10.7. The Kier molecular flexibility index (Phi) is 2.88. The minimum absolute atomic E-state index is 0.386. The molecule has 15 heavy (non-hydrogen) atoms. The molecule has 0 aliphatic carbocycles. The van der Waals surface area contributed by atoms with Crippen molar-refractivity contribution in [3.8, 4) is 0 Å². The molecule has 2 heteroatoms. The van der Waals surface area contributed by atoms with Gasteiger partial charge < -0.3 is 9.73 Å². The van der Waals surface area contributed by atoms with Gasteiger partial charge in [0.2, 0.25) is 0 Å². The topological polar surface area (TPSA) is 25.2 Å². The summed E-state index contributed by atoms with van der Waals surface area (Å²) in [5.41, 5.74) is 2.11. The number of fused-ring (bicyclic) bond motifs is 1. The molecule has 1 aromatic carbocycles. The molecular weight excluding hydrogens is 186 g/mol. The number of hydrogen-bond donors (Lipinski definition) is 1. The number of furan rings is 1. The third-order valence-electron chi connectivity index (χ3n) is 2.51. The summed E-state index contributed by atoms with van der Waals surface area (Å²) in [7, 11) is 1.95. The summed E-state index contributed by atoms with van der Waals surface area (Å²) in [6, 6.07) is 8.57. The summed E-state index contributed by atoms with van der Waals surface area (Å²) in [5, 5.41) is 4.30. The van der Waals surface area contributed by atoms with Crippen molar-refractivity contribution in [2.75, 3.05) is 7.05 Å². The predicted octanol–water partition coefficient (Wildman–Crippen LogP) is 3.05. The first-order valence-electron chi connectivity index (χ1n) is 5.12. The third kappa shape index (κ3) is 2.28. The fraction of sp³-hybridized carbons (Fsp3) is 0.231. The highest BCUT2D eigenvalue weighted by molar-refractivity contribution is 5.79. The summed E-state index contributed by atoms with van der Waals surface area (Å²) in [6.07, 6.45) is 5.95. The number of hydrogen-bond acceptors (Lipinski definition) is 2. The molecule has 1 atom stereocenters. The Labute approximate surface area is 89.6 Å². The molecule has 0 amide bonds. The quantitative estimate of drug-likeness (QED) is 0.825. The first-order chi connectivity index (χ1) is 7.29. The predicted molar refractivity (Wildman–Crippen MR) is 63.8 cm³/mol. The molecule has 1 N–H and O–H groups in total. The normalized spacial score (nSPS) is 13.7. The van der Waals surface area contributed by atoms with Crippen LogP contribution in [0.5, 0.6) is 0 Å². The van der Waals surface area contributed by atoms with Crippen molar-refractivity contribution in [3.05, 3.63) is 42.2 Å². The fourth-order valence-corrected chi connectivity index (χ4v) is 1.43. The van der Waals surface area contributed by atoms with Gasteiger partial charge in [-0.05, 0) is 31.7 Å². The molecule has 0 radical (unpaired) electrons. The van der Waals surface area contributed by atoms with Crippen molar-refractivity contribution in [1.29, 1.82) is 0 Å². The molecule has 0 spiro atoms. The van der Waals surface area contributed by atoms with Crippen LogP contribution in [0.2, 0.25) is 0 Å². The molecule has 2 rings (SSSR count). The molecule has 0 fully saturated rings. The molecule has 1 heterocycles. The van der Waals surface area contributed by atoms with Gasteiger partial charge in [-0.3, -0.25) is 0 Å². The maximum absolute atomic E-state index is 5.34. The van der Waals surface area contributed by atoms with E-state index in [-0.39, 0.29) is 0 Å². The first-order valence-corrected chi connectivity index (χ1v) is 5.12. The van der Waals surface area contributed by atoms with Crippen molar-refractivity contribution in [3.63, 3.8) is 0 Å². The van der Waals surface area contributed by atoms with E-state index < -0.39 is 0 Å². The van der Waals surface area contributed by atoms with Gasteiger partial charge in [0.15, 0.2) is 0 Å². The van der Waals surface area contributed by atoms with Crippen molar-refractivity contribution < 1.29 is 4.42 Å².